The average Bonchev–Trinajstić information content (AvgIpc) is 3.21. The largest absolute Gasteiger partial charge is 0.478 e. The molecule has 2 aromatic rings. The third-order valence-corrected chi connectivity index (χ3v) is 4.57. The van der Waals surface area contributed by atoms with Crippen LogP contribution in [0.1, 0.15) is 44.9 Å². The predicted molar refractivity (Wildman–Crippen MR) is 103 cm³/mol. The highest BCUT2D eigenvalue weighted by Crippen LogP contribution is 2.14. The number of likely N-dealkylation sites (tertiary alicyclic amines) is 1. The molecule has 8 nitrogen and oxygen atoms in total. The van der Waals surface area contributed by atoms with Crippen molar-refractivity contribution in [3.63, 3.8) is 0 Å². The number of nitrogens with one attached hydrogen (secondary N) is 2. The molecule has 0 saturated carbocycles. The van der Waals surface area contributed by atoms with Crippen molar-refractivity contribution in [2.45, 2.75) is 26.3 Å². The number of aryl methyl sites for hydroxylation is 1. The standard InChI is InChI=1S/C20H22N4O4/c1-13-16(19(26)27)7-8-17(22-13)18(25)21-12-14-5-4-6-15(11-14)23-20(28)24-9-2-3-10-24/h4-8,11H,2-3,9-10,12H2,1H3,(H,21,25)(H,23,28)(H,26,27). The molecule has 28 heavy (non-hydrogen) atoms. The van der Waals surface area contributed by atoms with Crippen LogP contribution in [0.4, 0.5) is 10.5 Å². The first-order valence-electron chi connectivity index (χ1n) is 9.08. The third kappa shape index (κ3) is 4.64. The first-order chi connectivity index (χ1) is 13.4. The minimum atomic E-state index is -1.08. The number of amides is 3. The Morgan fingerprint density at radius 2 is 1.89 bits per heavy atom. The molecule has 1 fully saturated rings. The molecule has 1 aromatic carbocycles. The lowest BCUT2D eigenvalue weighted by Gasteiger charge is -2.16. The molecule has 1 aliphatic rings. The average molecular weight is 382 g/mol. The van der Waals surface area contributed by atoms with Gasteiger partial charge in [-0.3, -0.25) is 4.79 Å². The topological polar surface area (TPSA) is 112 Å². The molecule has 3 amide bonds. The minimum Gasteiger partial charge on any atom is -0.478 e. The number of rotatable bonds is 5. The first kappa shape index (κ1) is 19.3. The Balaban J connectivity index is 1.59. The van der Waals surface area contributed by atoms with Gasteiger partial charge < -0.3 is 20.6 Å². The fourth-order valence-electron chi connectivity index (χ4n) is 3.07. The molecule has 3 N–H and O–H groups in total. The van der Waals surface area contributed by atoms with E-state index in [1.165, 1.54) is 12.1 Å². The van der Waals surface area contributed by atoms with Crippen LogP contribution >= 0.6 is 0 Å². The summed E-state index contributed by atoms with van der Waals surface area (Å²) >= 11 is 0. The summed E-state index contributed by atoms with van der Waals surface area (Å²) in [5.41, 5.74) is 2.00. The fraction of sp³-hybridized carbons (Fsp3) is 0.300. The van der Waals surface area contributed by atoms with Gasteiger partial charge in [-0.25, -0.2) is 14.6 Å². The lowest BCUT2D eigenvalue weighted by atomic mass is 10.1. The highest BCUT2D eigenvalue weighted by molar-refractivity contribution is 5.94. The van der Waals surface area contributed by atoms with Crippen LogP contribution in [-0.4, -0.2) is 46.0 Å². The van der Waals surface area contributed by atoms with Gasteiger partial charge in [-0.1, -0.05) is 12.1 Å². The smallest absolute Gasteiger partial charge is 0.337 e. The number of benzene rings is 1. The number of nitrogens with zero attached hydrogens (tertiary/aromatic N) is 2. The zero-order valence-corrected chi connectivity index (χ0v) is 15.6. The highest BCUT2D eigenvalue weighted by atomic mass is 16.4. The Bertz CT molecular complexity index is 907. The number of hydrogen-bond donors (Lipinski definition) is 3. The van der Waals surface area contributed by atoms with E-state index in [1.807, 2.05) is 12.1 Å². The lowest BCUT2D eigenvalue weighted by molar-refractivity contribution is 0.0694. The van der Waals surface area contributed by atoms with E-state index < -0.39 is 11.9 Å². The van der Waals surface area contributed by atoms with Crippen LogP contribution in [0.15, 0.2) is 36.4 Å². The molecule has 1 aliphatic heterocycles. The van der Waals surface area contributed by atoms with Crippen molar-refractivity contribution in [3.8, 4) is 0 Å². The molecule has 3 rings (SSSR count). The second-order valence-corrected chi connectivity index (χ2v) is 6.64. The van der Waals surface area contributed by atoms with Crippen molar-refractivity contribution >= 4 is 23.6 Å². The number of anilines is 1. The van der Waals surface area contributed by atoms with Crippen LogP contribution in [0, 0.1) is 6.92 Å². The van der Waals surface area contributed by atoms with Crippen molar-refractivity contribution in [2.75, 3.05) is 18.4 Å². The summed E-state index contributed by atoms with van der Waals surface area (Å²) in [5, 5.41) is 14.7. The summed E-state index contributed by atoms with van der Waals surface area (Å²) in [6, 6.07) is 9.90. The molecule has 0 atom stereocenters. The maximum atomic E-state index is 12.3. The van der Waals surface area contributed by atoms with Crippen molar-refractivity contribution in [1.29, 1.82) is 0 Å². The van der Waals surface area contributed by atoms with E-state index >= 15 is 0 Å². The van der Waals surface area contributed by atoms with Crippen LogP contribution in [0.3, 0.4) is 0 Å². The predicted octanol–water partition coefficient (Wildman–Crippen LogP) is 2.65. The Morgan fingerprint density at radius 1 is 1.14 bits per heavy atom. The van der Waals surface area contributed by atoms with Crippen molar-refractivity contribution < 1.29 is 19.5 Å². The zero-order valence-electron chi connectivity index (χ0n) is 15.6. The molecular weight excluding hydrogens is 360 g/mol. The summed E-state index contributed by atoms with van der Waals surface area (Å²) in [6.07, 6.45) is 2.06. The van der Waals surface area contributed by atoms with Crippen LogP contribution in [0.2, 0.25) is 0 Å². The molecule has 0 radical (unpaired) electrons. The van der Waals surface area contributed by atoms with E-state index in [0.29, 0.717) is 5.69 Å². The van der Waals surface area contributed by atoms with Gasteiger partial charge in [-0.15, -0.1) is 0 Å². The minimum absolute atomic E-state index is 0.0676. The quantitative estimate of drug-likeness (QED) is 0.736. The second-order valence-electron chi connectivity index (χ2n) is 6.64. The van der Waals surface area contributed by atoms with Crippen LogP contribution in [0.25, 0.3) is 0 Å². The van der Waals surface area contributed by atoms with Crippen molar-refractivity contribution in [3.05, 3.63) is 58.9 Å². The summed E-state index contributed by atoms with van der Waals surface area (Å²) in [4.78, 5) is 41.3. The van der Waals surface area contributed by atoms with Crippen LogP contribution in [0.5, 0.6) is 0 Å². The van der Waals surface area contributed by atoms with Gasteiger partial charge >= 0.3 is 12.0 Å². The van der Waals surface area contributed by atoms with Gasteiger partial charge in [0.25, 0.3) is 5.91 Å². The van der Waals surface area contributed by atoms with E-state index in [9.17, 15) is 14.4 Å². The number of carbonyl (C=O) groups is 3. The Kier molecular flexibility index (Phi) is 5.88. The van der Waals surface area contributed by atoms with E-state index in [-0.39, 0.29) is 29.5 Å². The number of carboxylic acids is 1. The number of pyridine rings is 1. The van der Waals surface area contributed by atoms with Crippen molar-refractivity contribution in [1.82, 2.24) is 15.2 Å². The molecular formula is C20H22N4O4. The third-order valence-electron chi connectivity index (χ3n) is 4.57. The van der Waals surface area contributed by atoms with E-state index in [4.69, 9.17) is 5.11 Å². The van der Waals surface area contributed by atoms with E-state index in [1.54, 1.807) is 24.0 Å². The van der Waals surface area contributed by atoms with E-state index in [0.717, 1.165) is 31.5 Å². The molecule has 1 aromatic heterocycles. The Morgan fingerprint density at radius 3 is 2.57 bits per heavy atom. The Labute approximate surface area is 162 Å². The van der Waals surface area contributed by atoms with E-state index in [2.05, 4.69) is 15.6 Å². The number of carboxylic acid groups (broad SMARTS) is 1. The number of aromatic nitrogens is 1. The number of hydrogen-bond acceptors (Lipinski definition) is 4. The fourth-order valence-corrected chi connectivity index (χ4v) is 3.07. The normalized spacial score (nSPS) is 13.2. The highest BCUT2D eigenvalue weighted by Gasteiger charge is 2.18. The molecule has 0 bridgehead atoms. The number of urea groups is 1. The summed E-state index contributed by atoms with van der Waals surface area (Å²) in [6.45, 7) is 3.35. The molecule has 8 heteroatoms. The molecule has 0 spiro atoms. The molecule has 0 unspecified atom stereocenters. The molecule has 146 valence electrons. The maximum Gasteiger partial charge on any atom is 0.337 e. The van der Waals surface area contributed by atoms with Gasteiger partial charge in [0.15, 0.2) is 0 Å². The lowest BCUT2D eigenvalue weighted by Crippen LogP contribution is -2.32. The number of aromatic carboxylic acids is 1. The summed E-state index contributed by atoms with van der Waals surface area (Å²) in [5.74, 6) is -1.48. The molecule has 0 aliphatic carbocycles. The van der Waals surface area contributed by atoms with Gasteiger partial charge in [0, 0.05) is 25.3 Å². The van der Waals surface area contributed by atoms with Gasteiger partial charge in [-0.2, -0.15) is 0 Å². The summed E-state index contributed by atoms with van der Waals surface area (Å²) < 4.78 is 0. The van der Waals surface area contributed by atoms with Crippen LogP contribution < -0.4 is 10.6 Å². The second kappa shape index (κ2) is 8.51. The van der Waals surface area contributed by atoms with Gasteiger partial charge in [0.05, 0.1) is 11.3 Å². The van der Waals surface area contributed by atoms with Crippen LogP contribution in [-0.2, 0) is 6.54 Å². The Hall–Kier alpha value is -3.42. The SMILES string of the molecule is Cc1nc(C(=O)NCc2cccc(NC(=O)N3CCCC3)c2)ccc1C(=O)O. The van der Waals surface area contributed by atoms with Crippen molar-refractivity contribution in [2.24, 2.45) is 0 Å². The van der Waals surface area contributed by atoms with Gasteiger partial charge in [0.2, 0.25) is 0 Å². The van der Waals surface area contributed by atoms with Gasteiger partial charge in [0.1, 0.15) is 5.69 Å². The molecule has 1 saturated heterocycles. The summed E-state index contributed by atoms with van der Waals surface area (Å²) in [7, 11) is 0. The van der Waals surface area contributed by atoms with Gasteiger partial charge in [-0.05, 0) is 49.6 Å². The molecule has 2 heterocycles. The zero-order chi connectivity index (χ0) is 20.1. The monoisotopic (exact) mass is 382 g/mol. The first-order valence-corrected chi connectivity index (χ1v) is 9.08. The maximum absolute atomic E-state index is 12.3. The number of carbonyl (C=O) groups excluding carboxylic acids is 2.